The molecule has 0 spiro atoms. The third-order valence-corrected chi connectivity index (χ3v) is 1.32. The molecule has 11 heavy (non-hydrogen) atoms. The van der Waals surface area contributed by atoms with Gasteiger partial charge in [-0.2, -0.15) is 0 Å². The lowest BCUT2D eigenvalue weighted by Crippen LogP contribution is -1.84. The molecule has 2 heteroatoms. The first-order valence-electron chi connectivity index (χ1n) is 3.78. The van der Waals surface area contributed by atoms with Gasteiger partial charge < -0.3 is 0 Å². The van der Waals surface area contributed by atoms with Gasteiger partial charge in [-0.1, -0.05) is 25.2 Å². The zero-order valence-electron chi connectivity index (χ0n) is 6.98. The SMILES string of the molecule is CCC(/C=C\C(C)F)=C/CF. The second kappa shape index (κ2) is 6.08. The normalized spacial score (nSPS) is 15.8. The molecule has 0 N–H and O–H groups in total. The Morgan fingerprint density at radius 3 is 2.55 bits per heavy atom. The molecule has 1 atom stereocenters. The predicted octanol–water partition coefficient (Wildman–Crippen LogP) is 3.21. The third-order valence-electron chi connectivity index (χ3n) is 1.32. The summed E-state index contributed by atoms with van der Waals surface area (Å²) in [7, 11) is 0. The van der Waals surface area contributed by atoms with Crippen molar-refractivity contribution in [2.45, 2.75) is 26.4 Å². The van der Waals surface area contributed by atoms with Crippen LogP contribution < -0.4 is 0 Å². The summed E-state index contributed by atoms with van der Waals surface area (Å²) in [6.07, 6.45) is 4.30. The molecule has 0 heterocycles. The molecule has 0 bridgehead atoms. The van der Waals surface area contributed by atoms with Crippen LogP contribution in [0, 0.1) is 0 Å². The van der Waals surface area contributed by atoms with Crippen molar-refractivity contribution in [2.75, 3.05) is 6.67 Å². The molecule has 0 aliphatic carbocycles. The van der Waals surface area contributed by atoms with Gasteiger partial charge in [-0.05, 0) is 18.9 Å². The van der Waals surface area contributed by atoms with Gasteiger partial charge in [0.1, 0.15) is 12.8 Å². The van der Waals surface area contributed by atoms with Crippen molar-refractivity contribution in [1.82, 2.24) is 0 Å². The summed E-state index contributed by atoms with van der Waals surface area (Å²) < 4.78 is 24.0. The minimum Gasteiger partial charge on any atom is -0.247 e. The fourth-order valence-corrected chi connectivity index (χ4v) is 0.686. The molecule has 0 saturated carbocycles. The monoisotopic (exact) mass is 160 g/mol. The standard InChI is InChI=1S/C9H14F2/c1-3-9(6-7-10)5-4-8(2)11/h4-6,8H,3,7H2,1-2H3/b5-4-,9-6-. The number of rotatable bonds is 4. The molecule has 0 aromatic carbocycles. The average molecular weight is 160 g/mol. The Morgan fingerprint density at radius 2 is 2.18 bits per heavy atom. The molecule has 1 unspecified atom stereocenters. The van der Waals surface area contributed by atoms with Crippen LogP contribution in [-0.2, 0) is 0 Å². The van der Waals surface area contributed by atoms with E-state index >= 15 is 0 Å². The molecule has 0 fully saturated rings. The second-order valence-electron chi connectivity index (χ2n) is 2.32. The third kappa shape index (κ3) is 5.77. The summed E-state index contributed by atoms with van der Waals surface area (Å²) in [5.74, 6) is 0. The maximum atomic E-state index is 12.2. The molecule has 0 amide bonds. The molecular weight excluding hydrogens is 146 g/mol. The van der Waals surface area contributed by atoms with Gasteiger partial charge in [0.05, 0.1) is 0 Å². The Hall–Kier alpha value is -0.660. The van der Waals surface area contributed by atoms with Crippen LogP contribution in [0.25, 0.3) is 0 Å². The smallest absolute Gasteiger partial charge is 0.116 e. The quantitative estimate of drug-likeness (QED) is 0.554. The van der Waals surface area contributed by atoms with Crippen LogP contribution in [0.3, 0.4) is 0 Å². The number of halogens is 2. The highest BCUT2D eigenvalue weighted by Crippen LogP contribution is 2.04. The van der Waals surface area contributed by atoms with Crippen molar-refractivity contribution in [2.24, 2.45) is 0 Å². The Labute approximate surface area is 66.6 Å². The van der Waals surface area contributed by atoms with Gasteiger partial charge in [-0.15, -0.1) is 0 Å². The van der Waals surface area contributed by atoms with E-state index in [1.165, 1.54) is 19.1 Å². The molecule has 0 aliphatic heterocycles. The number of hydrogen-bond donors (Lipinski definition) is 0. The molecular formula is C9H14F2. The zero-order chi connectivity index (χ0) is 8.69. The molecule has 64 valence electrons. The van der Waals surface area contributed by atoms with E-state index in [0.717, 1.165) is 12.0 Å². The van der Waals surface area contributed by atoms with E-state index in [-0.39, 0.29) is 0 Å². The first-order valence-corrected chi connectivity index (χ1v) is 3.78. The van der Waals surface area contributed by atoms with Crippen molar-refractivity contribution in [1.29, 1.82) is 0 Å². The van der Waals surface area contributed by atoms with Crippen LogP contribution in [0.2, 0.25) is 0 Å². The molecule has 0 aromatic rings. The van der Waals surface area contributed by atoms with Gasteiger partial charge in [-0.3, -0.25) is 0 Å². The number of alkyl halides is 2. The number of hydrogen-bond acceptors (Lipinski definition) is 0. The highest BCUT2D eigenvalue weighted by molar-refractivity contribution is 5.18. The van der Waals surface area contributed by atoms with Crippen molar-refractivity contribution in [3.05, 3.63) is 23.8 Å². The molecule has 0 saturated heterocycles. The lowest BCUT2D eigenvalue weighted by molar-refractivity contribution is 0.430. The minimum atomic E-state index is -0.954. The lowest BCUT2D eigenvalue weighted by Gasteiger charge is -1.95. The van der Waals surface area contributed by atoms with Crippen molar-refractivity contribution in [3.63, 3.8) is 0 Å². The van der Waals surface area contributed by atoms with Crippen molar-refractivity contribution in [3.8, 4) is 0 Å². The summed E-state index contributed by atoms with van der Waals surface area (Å²) >= 11 is 0. The zero-order valence-corrected chi connectivity index (χ0v) is 6.98. The largest absolute Gasteiger partial charge is 0.247 e. The Kier molecular flexibility index (Phi) is 5.71. The van der Waals surface area contributed by atoms with Gasteiger partial charge in [-0.25, -0.2) is 8.78 Å². The van der Waals surface area contributed by atoms with Crippen molar-refractivity contribution >= 4 is 0 Å². The molecule has 0 radical (unpaired) electrons. The summed E-state index contributed by atoms with van der Waals surface area (Å²) in [6, 6.07) is 0. The van der Waals surface area contributed by atoms with E-state index in [2.05, 4.69) is 0 Å². The van der Waals surface area contributed by atoms with Crippen LogP contribution in [-0.4, -0.2) is 12.8 Å². The fourth-order valence-electron chi connectivity index (χ4n) is 0.686. The van der Waals surface area contributed by atoms with Crippen LogP contribution in [0.1, 0.15) is 20.3 Å². The van der Waals surface area contributed by atoms with E-state index in [1.807, 2.05) is 6.92 Å². The Morgan fingerprint density at radius 1 is 1.55 bits per heavy atom. The van der Waals surface area contributed by atoms with E-state index in [1.54, 1.807) is 6.08 Å². The Bertz CT molecular complexity index is 146. The van der Waals surface area contributed by atoms with E-state index in [4.69, 9.17) is 0 Å². The average Bonchev–Trinajstić information content (AvgIpc) is 1.97. The first kappa shape index (κ1) is 10.3. The topological polar surface area (TPSA) is 0 Å². The van der Waals surface area contributed by atoms with E-state index < -0.39 is 12.8 Å². The maximum Gasteiger partial charge on any atom is 0.116 e. The van der Waals surface area contributed by atoms with E-state index in [9.17, 15) is 8.78 Å². The van der Waals surface area contributed by atoms with Gasteiger partial charge in [0.25, 0.3) is 0 Å². The summed E-state index contributed by atoms with van der Waals surface area (Å²) in [6.45, 7) is 2.88. The molecule has 0 aliphatic rings. The van der Waals surface area contributed by atoms with Crippen molar-refractivity contribution < 1.29 is 8.78 Å². The lowest BCUT2D eigenvalue weighted by atomic mass is 10.1. The summed E-state index contributed by atoms with van der Waals surface area (Å²) in [4.78, 5) is 0. The molecule has 0 rings (SSSR count). The van der Waals surface area contributed by atoms with Crippen LogP contribution in [0.5, 0.6) is 0 Å². The molecule has 0 nitrogen and oxygen atoms in total. The van der Waals surface area contributed by atoms with Crippen LogP contribution >= 0.6 is 0 Å². The van der Waals surface area contributed by atoms with Gasteiger partial charge in [0, 0.05) is 0 Å². The summed E-state index contributed by atoms with van der Waals surface area (Å²) in [5, 5.41) is 0. The van der Waals surface area contributed by atoms with Crippen LogP contribution in [0.4, 0.5) is 8.78 Å². The molecule has 0 aromatic heterocycles. The van der Waals surface area contributed by atoms with Gasteiger partial charge in [0.2, 0.25) is 0 Å². The predicted molar refractivity (Wildman–Crippen MR) is 44.1 cm³/mol. The Balaban J connectivity index is 3.97. The van der Waals surface area contributed by atoms with Gasteiger partial charge in [0.15, 0.2) is 0 Å². The summed E-state index contributed by atoms with van der Waals surface area (Å²) in [5.41, 5.74) is 0.844. The van der Waals surface area contributed by atoms with Crippen LogP contribution in [0.15, 0.2) is 23.8 Å². The fraction of sp³-hybridized carbons (Fsp3) is 0.556. The number of allylic oxidation sites excluding steroid dienone is 4. The first-order chi connectivity index (χ1) is 5.20. The second-order valence-corrected chi connectivity index (χ2v) is 2.32. The maximum absolute atomic E-state index is 12.2. The minimum absolute atomic E-state index is 0.478. The highest BCUT2D eigenvalue weighted by atomic mass is 19.1. The van der Waals surface area contributed by atoms with Gasteiger partial charge >= 0.3 is 0 Å². The highest BCUT2D eigenvalue weighted by Gasteiger charge is 1.90. The van der Waals surface area contributed by atoms with E-state index in [0.29, 0.717) is 0 Å².